The highest BCUT2D eigenvalue weighted by atomic mass is 16.2. The maximum Gasteiger partial charge on any atom is 0.257 e. The summed E-state index contributed by atoms with van der Waals surface area (Å²) in [6, 6.07) is 0. The third kappa shape index (κ3) is 2.68. The number of rotatable bonds is 3. The minimum atomic E-state index is -0.355. The summed E-state index contributed by atoms with van der Waals surface area (Å²) in [5, 5.41) is 0. The van der Waals surface area contributed by atoms with Crippen molar-refractivity contribution in [1.29, 1.82) is 0 Å². The third-order valence-electron chi connectivity index (χ3n) is 5.78. The molecule has 6 heteroatoms. The van der Waals surface area contributed by atoms with E-state index in [-0.39, 0.29) is 17.2 Å². The maximum absolute atomic E-state index is 13.0. The first-order chi connectivity index (χ1) is 11.6. The fourth-order valence-corrected chi connectivity index (χ4v) is 4.13. The number of hydrogen-bond donors (Lipinski definition) is 0. The van der Waals surface area contributed by atoms with Gasteiger partial charge in [-0.05, 0) is 44.9 Å². The van der Waals surface area contributed by atoms with Gasteiger partial charge in [0.05, 0.1) is 16.7 Å². The summed E-state index contributed by atoms with van der Waals surface area (Å²) in [5.74, 6) is 0.946. The van der Waals surface area contributed by atoms with Crippen molar-refractivity contribution in [3.63, 3.8) is 0 Å². The molecule has 4 rings (SSSR count). The molecule has 2 saturated heterocycles. The molecule has 1 spiro atoms. The van der Waals surface area contributed by atoms with Crippen LogP contribution in [-0.4, -0.2) is 57.8 Å². The highest BCUT2D eigenvalue weighted by molar-refractivity contribution is 5.96. The van der Waals surface area contributed by atoms with Crippen molar-refractivity contribution in [2.75, 3.05) is 26.2 Å². The van der Waals surface area contributed by atoms with Crippen LogP contribution in [0.15, 0.2) is 12.5 Å². The lowest BCUT2D eigenvalue weighted by atomic mass is 9.78. The van der Waals surface area contributed by atoms with E-state index in [1.54, 1.807) is 6.20 Å². The van der Waals surface area contributed by atoms with Crippen molar-refractivity contribution in [1.82, 2.24) is 19.8 Å². The van der Waals surface area contributed by atoms with Gasteiger partial charge < -0.3 is 9.80 Å². The minimum absolute atomic E-state index is 0.0444. The Labute approximate surface area is 142 Å². The first kappa shape index (κ1) is 15.5. The Bertz CT molecular complexity index is 673. The van der Waals surface area contributed by atoms with E-state index in [9.17, 15) is 9.59 Å². The molecule has 3 fully saturated rings. The fraction of sp³-hybridized carbons (Fsp3) is 0.667. The van der Waals surface area contributed by atoms with E-state index in [0.717, 1.165) is 32.4 Å². The quantitative estimate of drug-likeness (QED) is 0.846. The summed E-state index contributed by atoms with van der Waals surface area (Å²) in [6.07, 6.45) is 8.29. The van der Waals surface area contributed by atoms with Crippen LogP contribution in [0.1, 0.15) is 48.2 Å². The maximum atomic E-state index is 13.0. The van der Waals surface area contributed by atoms with Gasteiger partial charge in [0, 0.05) is 32.4 Å². The normalized spacial score (nSPS) is 27.1. The van der Waals surface area contributed by atoms with Crippen molar-refractivity contribution in [2.45, 2.75) is 39.0 Å². The molecule has 6 nitrogen and oxygen atoms in total. The average molecular weight is 328 g/mol. The molecule has 1 atom stereocenters. The molecule has 0 radical (unpaired) electrons. The standard InChI is InChI=1S/C18H24N4O2/c1-13-15(9-19-12-20-13)16(23)22-8-6-18(11-22)5-2-7-21(17(18)24)10-14-3-4-14/h9,12,14H,2-8,10-11H2,1H3. The predicted octanol–water partition coefficient (Wildman–Crippen LogP) is 1.65. The Balaban J connectivity index is 1.49. The minimum Gasteiger partial charge on any atom is -0.342 e. The molecule has 1 aromatic heterocycles. The Morgan fingerprint density at radius 2 is 2.17 bits per heavy atom. The van der Waals surface area contributed by atoms with Crippen LogP contribution < -0.4 is 0 Å². The molecule has 0 N–H and O–H groups in total. The van der Waals surface area contributed by atoms with Gasteiger partial charge in [0.25, 0.3) is 5.91 Å². The molecule has 2 amide bonds. The van der Waals surface area contributed by atoms with Gasteiger partial charge >= 0.3 is 0 Å². The second-order valence-electron chi connectivity index (χ2n) is 7.58. The summed E-state index contributed by atoms with van der Waals surface area (Å²) in [5.41, 5.74) is 0.890. The van der Waals surface area contributed by atoms with E-state index in [0.29, 0.717) is 30.3 Å². The third-order valence-corrected chi connectivity index (χ3v) is 5.78. The first-order valence-electron chi connectivity index (χ1n) is 8.94. The topological polar surface area (TPSA) is 66.4 Å². The average Bonchev–Trinajstić information content (AvgIpc) is 3.30. The molecular formula is C18H24N4O2. The van der Waals surface area contributed by atoms with E-state index >= 15 is 0 Å². The Morgan fingerprint density at radius 3 is 2.92 bits per heavy atom. The van der Waals surface area contributed by atoms with Gasteiger partial charge in [-0.25, -0.2) is 9.97 Å². The molecule has 0 aromatic carbocycles. The number of aryl methyl sites for hydroxylation is 1. The molecule has 1 aliphatic carbocycles. The highest BCUT2D eigenvalue weighted by Crippen LogP contribution is 2.42. The Kier molecular flexibility index (Phi) is 3.77. The van der Waals surface area contributed by atoms with Crippen LogP contribution in [0.5, 0.6) is 0 Å². The summed E-state index contributed by atoms with van der Waals surface area (Å²) in [6.45, 7) is 4.82. The number of carbonyl (C=O) groups excluding carboxylic acids is 2. The number of carbonyl (C=O) groups is 2. The van der Waals surface area contributed by atoms with Gasteiger partial charge in [-0.1, -0.05) is 0 Å². The number of hydrogen-bond acceptors (Lipinski definition) is 4. The summed E-state index contributed by atoms with van der Waals surface area (Å²) < 4.78 is 0. The Morgan fingerprint density at radius 1 is 1.33 bits per heavy atom. The van der Waals surface area contributed by atoms with Crippen molar-refractivity contribution < 1.29 is 9.59 Å². The van der Waals surface area contributed by atoms with Crippen LogP contribution in [-0.2, 0) is 4.79 Å². The van der Waals surface area contributed by atoms with E-state index in [2.05, 4.69) is 14.9 Å². The van der Waals surface area contributed by atoms with Crippen molar-refractivity contribution in [3.05, 3.63) is 23.8 Å². The predicted molar refractivity (Wildman–Crippen MR) is 88.3 cm³/mol. The van der Waals surface area contributed by atoms with Crippen molar-refractivity contribution >= 4 is 11.8 Å². The van der Waals surface area contributed by atoms with Crippen molar-refractivity contribution in [2.24, 2.45) is 11.3 Å². The molecule has 1 aromatic rings. The zero-order valence-electron chi connectivity index (χ0n) is 14.2. The molecule has 24 heavy (non-hydrogen) atoms. The lowest BCUT2D eigenvalue weighted by Gasteiger charge is -2.39. The van der Waals surface area contributed by atoms with Crippen LogP contribution in [0.25, 0.3) is 0 Å². The van der Waals surface area contributed by atoms with Crippen LogP contribution in [0.4, 0.5) is 0 Å². The van der Waals surface area contributed by atoms with Gasteiger partial charge in [-0.3, -0.25) is 9.59 Å². The van der Waals surface area contributed by atoms with Crippen LogP contribution in [0, 0.1) is 18.3 Å². The van der Waals surface area contributed by atoms with Gasteiger partial charge in [-0.2, -0.15) is 0 Å². The van der Waals surface area contributed by atoms with Crippen LogP contribution in [0.3, 0.4) is 0 Å². The van der Waals surface area contributed by atoms with Gasteiger partial charge in [0.2, 0.25) is 5.91 Å². The fourth-order valence-electron chi connectivity index (χ4n) is 4.13. The Hall–Kier alpha value is -1.98. The second kappa shape index (κ2) is 5.83. The first-order valence-corrected chi connectivity index (χ1v) is 8.94. The zero-order chi connectivity index (χ0) is 16.7. The highest BCUT2D eigenvalue weighted by Gasteiger charge is 2.50. The van der Waals surface area contributed by atoms with Gasteiger partial charge in [0.15, 0.2) is 0 Å². The largest absolute Gasteiger partial charge is 0.342 e. The number of aromatic nitrogens is 2. The zero-order valence-corrected chi connectivity index (χ0v) is 14.2. The molecule has 1 unspecified atom stereocenters. The van der Waals surface area contributed by atoms with E-state index in [1.807, 2.05) is 11.8 Å². The summed E-state index contributed by atoms with van der Waals surface area (Å²) in [4.78, 5) is 37.8. The van der Waals surface area contributed by atoms with E-state index < -0.39 is 0 Å². The second-order valence-corrected chi connectivity index (χ2v) is 7.58. The SMILES string of the molecule is Cc1ncncc1C(=O)N1CCC2(CCCN(CC3CC3)C2=O)C1. The molecule has 3 heterocycles. The smallest absolute Gasteiger partial charge is 0.257 e. The lowest BCUT2D eigenvalue weighted by molar-refractivity contribution is -0.145. The van der Waals surface area contributed by atoms with Gasteiger partial charge in [-0.15, -0.1) is 0 Å². The number of likely N-dealkylation sites (tertiary alicyclic amines) is 2. The molecule has 2 aliphatic heterocycles. The monoisotopic (exact) mass is 328 g/mol. The number of amides is 2. The molecular weight excluding hydrogens is 304 g/mol. The summed E-state index contributed by atoms with van der Waals surface area (Å²) >= 11 is 0. The lowest BCUT2D eigenvalue weighted by Crippen LogP contribution is -2.51. The number of piperidine rings is 1. The van der Waals surface area contributed by atoms with Gasteiger partial charge in [0.1, 0.15) is 6.33 Å². The molecule has 128 valence electrons. The molecule has 3 aliphatic rings. The number of nitrogens with zero attached hydrogens (tertiary/aromatic N) is 4. The van der Waals surface area contributed by atoms with E-state index in [4.69, 9.17) is 0 Å². The van der Waals surface area contributed by atoms with E-state index in [1.165, 1.54) is 19.2 Å². The molecule has 1 saturated carbocycles. The van der Waals surface area contributed by atoms with Crippen molar-refractivity contribution in [3.8, 4) is 0 Å². The summed E-state index contributed by atoms with van der Waals surface area (Å²) in [7, 11) is 0. The van der Waals surface area contributed by atoms with Crippen LogP contribution >= 0.6 is 0 Å². The molecule has 0 bridgehead atoms. The van der Waals surface area contributed by atoms with Crippen LogP contribution in [0.2, 0.25) is 0 Å².